The lowest BCUT2D eigenvalue weighted by Gasteiger charge is -2.31. The molecule has 0 saturated carbocycles. The first kappa shape index (κ1) is 29.8. The molecule has 2 heterocycles. The highest BCUT2D eigenvalue weighted by atomic mass is 35.5. The second-order valence-corrected chi connectivity index (χ2v) is 10.4. The zero-order valence-corrected chi connectivity index (χ0v) is 23.3. The molecule has 1 aromatic carbocycles. The van der Waals surface area contributed by atoms with Crippen molar-refractivity contribution in [3.8, 4) is 0 Å². The maximum atomic E-state index is 12.7. The maximum Gasteiger partial charge on any atom is 0.328 e. The maximum absolute atomic E-state index is 12.7. The molecular formula is C25H25Cl3N4O5S. The fraction of sp³-hybridized carbons (Fsp3) is 0.320. The van der Waals surface area contributed by atoms with Gasteiger partial charge >= 0.3 is 5.97 Å². The van der Waals surface area contributed by atoms with Gasteiger partial charge in [0.05, 0.1) is 10.0 Å². The summed E-state index contributed by atoms with van der Waals surface area (Å²) in [6, 6.07) is 5.08. The minimum atomic E-state index is -1.32. The van der Waals surface area contributed by atoms with Crippen molar-refractivity contribution in [3.63, 3.8) is 0 Å². The summed E-state index contributed by atoms with van der Waals surface area (Å²) in [5.41, 5.74) is 0.838. The van der Waals surface area contributed by atoms with E-state index in [1.54, 1.807) is 17.0 Å². The highest BCUT2D eigenvalue weighted by Gasteiger charge is 2.30. The molecule has 3 amide bonds. The average Bonchev–Trinajstić information content (AvgIpc) is 2.91. The zero-order valence-electron chi connectivity index (χ0n) is 20.2. The van der Waals surface area contributed by atoms with Crippen LogP contribution in [0.5, 0.6) is 0 Å². The van der Waals surface area contributed by atoms with Crippen molar-refractivity contribution in [3.05, 3.63) is 62.9 Å². The molecule has 0 radical (unpaired) electrons. The van der Waals surface area contributed by atoms with Crippen LogP contribution >= 0.6 is 46.6 Å². The summed E-state index contributed by atoms with van der Waals surface area (Å²) < 4.78 is 0. The number of hydrogen-bond acceptors (Lipinski definition) is 6. The van der Waals surface area contributed by atoms with E-state index in [1.807, 2.05) is 12.3 Å². The van der Waals surface area contributed by atoms with Crippen molar-refractivity contribution in [2.45, 2.75) is 23.8 Å². The van der Waals surface area contributed by atoms with Crippen LogP contribution in [0.1, 0.15) is 28.8 Å². The van der Waals surface area contributed by atoms with Gasteiger partial charge in [-0.2, -0.15) is 0 Å². The van der Waals surface area contributed by atoms with Crippen LogP contribution in [0.2, 0.25) is 15.2 Å². The first-order valence-corrected chi connectivity index (χ1v) is 13.9. The van der Waals surface area contributed by atoms with E-state index >= 15 is 0 Å². The van der Waals surface area contributed by atoms with Gasteiger partial charge in [0, 0.05) is 48.3 Å². The van der Waals surface area contributed by atoms with Gasteiger partial charge in [0.2, 0.25) is 11.8 Å². The topological polar surface area (TPSA) is 129 Å². The van der Waals surface area contributed by atoms with Gasteiger partial charge in [0.25, 0.3) is 5.91 Å². The molecule has 9 nitrogen and oxygen atoms in total. The van der Waals surface area contributed by atoms with Crippen molar-refractivity contribution in [2.24, 2.45) is 5.92 Å². The lowest BCUT2D eigenvalue weighted by molar-refractivity contribution is -0.142. The number of hydrogen-bond donors (Lipinski definition) is 3. The highest BCUT2D eigenvalue weighted by molar-refractivity contribution is 7.98. The van der Waals surface area contributed by atoms with E-state index in [9.17, 15) is 24.3 Å². The number of thioether (sulfide) groups is 1. The predicted molar refractivity (Wildman–Crippen MR) is 148 cm³/mol. The number of pyridine rings is 1. The minimum Gasteiger partial charge on any atom is -0.480 e. The molecule has 0 aliphatic carbocycles. The van der Waals surface area contributed by atoms with E-state index in [-0.39, 0.29) is 23.2 Å². The Balaban J connectivity index is 1.50. The Bertz CT molecular complexity index is 1250. The van der Waals surface area contributed by atoms with Gasteiger partial charge in [-0.25, -0.2) is 9.78 Å². The van der Waals surface area contributed by atoms with Crippen LogP contribution in [-0.2, 0) is 14.4 Å². The monoisotopic (exact) mass is 598 g/mol. The number of benzene rings is 1. The molecular weight excluding hydrogens is 575 g/mol. The Morgan fingerprint density at radius 2 is 1.87 bits per heavy atom. The Morgan fingerprint density at radius 1 is 1.16 bits per heavy atom. The van der Waals surface area contributed by atoms with E-state index in [1.165, 1.54) is 36.2 Å². The number of rotatable bonds is 9. The van der Waals surface area contributed by atoms with E-state index < -0.39 is 29.7 Å². The molecule has 3 rings (SSSR count). The van der Waals surface area contributed by atoms with Crippen molar-refractivity contribution in [1.29, 1.82) is 0 Å². The molecule has 0 spiro atoms. The summed E-state index contributed by atoms with van der Waals surface area (Å²) in [4.78, 5) is 55.5. The van der Waals surface area contributed by atoms with Gasteiger partial charge in [-0.1, -0.05) is 40.9 Å². The van der Waals surface area contributed by atoms with E-state index in [0.29, 0.717) is 41.5 Å². The Morgan fingerprint density at radius 3 is 2.50 bits per heavy atom. The molecule has 1 atom stereocenters. The lowest BCUT2D eigenvalue weighted by atomic mass is 9.95. The first-order chi connectivity index (χ1) is 18.1. The fourth-order valence-corrected chi connectivity index (χ4v) is 5.14. The number of amides is 3. The van der Waals surface area contributed by atoms with Crippen LogP contribution in [-0.4, -0.2) is 70.6 Å². The minimum absolute atomic E-state index is 0.124. The van der Waals surface area contributed by atoms with E-state index in [0.717, 1.165) is 4.90 Å². The molecule has 2 aromatic rings. The molecule has 1 aromatic heterocycles. The number of aliphatic carboxylic acids is 1. The van der Waals surface area contributed by atoms with E-state index in [4.69, 9.17) is 34.8 Å². The molecule has 13 heteroatoms. The van der Waals surface area contributed by atoms with Gasteiger partial charge in [0.15, 0.2) is 0 Å². The lowest BCUT2D eigenvalue weighted by Crippen LogP contribution is -2.51. The van der Waals surface area contributed by atoms with Crippen LogP contribution < -0.4 is 10.6 Å². The third kappa shape index (κ3) is 7.86. The van der Waals surface area contributed by atoms with Crippen molar-refractivity contribution in [1.82, 2.24) is 20.5 Å². The average molecular weight is 600 g/mol. The number of aromatic nitrogens is 1. The van der Waals surface area contributed by atoms with E-state index in [2.05, 4.69) is 15.6 Å². The molecule has 1 aliphatic rings. The number of nitrogens with one attached hydrogen (secondary N) is 2. The number of carboxylic acids is 1. The Kier molecular flexibility index (Phi) is 10.8. The third-order valence-electron chi connectivity index (χ3n) is 5.95. The third-order valence-corrected chi connectivity index (χ3v) is 7.94. The number of carbonyl (C=O) groups is 4. The Labute approximate surface area is 238 Å². The number of carbonyl (C=O) groups excluding carboxylic acids is 3. The number of likely N-dealkylation sites (tertiary alicyclic amines) is 1. The van der Waals surface area contributed by atoms with Crippen LogP contribution in [0, 0.1) is 5.92 Å². The molecule has 3 N–H and O–H groups in total. The summed E-state index contributed by atoms with van der Waals surface area (Å²) in [6.45, 7) is 0.351. The first-order valence-electron chi connectivity index (χ1n) is 11.5. The predicted octanol–water partition coefficient (Wildman–Crippen LogP) is 4.01. The molecule has 0 bridgehead atoms. The molecule has 0 unspecified atom stereocenters. The smallest absolute Gasteiger partial charge is 0.328 e. The Hall–Kier alpha value is -2.79. The van der Waals surface area contributed by atoms with Crippen molar-refractivity contribution < 1.29 is 24.3 Å². The fourth-order valence-electron chi connectivity index (χ4n) is 3.79. The van der Waals surface area contributed by atoms with Gasteiger partial charge in [-0.15, -0.1) is 11.8 Å². The quantitative estimate of drug-likeness (QED) is 0.226. The molecule has 202 valence electrons. The van der Waals surface area contributed by atoms with Crippen LogP contribution in [0.3, 0.4) is 0 Å². The molecule has 38 heavy (non-hydrogen) atoms. The number of halogens is 3. The van der Waals surface area contributed by atoms with Gasteiger partial charge in [-0.05, 0) is 48.9 Å². The second-order valence-electron chi connectivity index (χ2n) is 8.39. The van der Waals surface area contributed by atoms with Gasteiger partial charge < -0.3 is 20.6 Å². The standard InChI is InChI=1S/C25H25Cl3N4O5S/c1-38-18-4-2-14(21(27)22(18)28)3-5-20(33)32-10-7-15(8-11-32)24(35)31-17(25(36)37)13-30-23(34)16-6-9-29-19(26)12-16/h2-6,9,12,15,17H,7-8,10-11,13H2,1H3,(H,30,34)(H,31,35)(H,36,37)/t17-/m0/s1. The van der Waals surface area contributed by atoms with Crippen LogP contribution in [0.15, 0.2) is 41.4 Å². The van der Waals surface area contributed by atoms with Crippen molar-refractivity contribution >= 4 is 76.3 Å². The van der Waals surface area contributed by atoms with Crippen LogP contribution in [0.25, 0.3) is 6.08 Å². The van der Waals surface area contributed by atoms with Gasteiger partial charge in [0.1, 0.15) is 11.2 Å². The molecule has 1 fully saturated rings. The summed E-state index contributed by atoms with van der Waals surface area (Å²) in [5.74, 6) is -2.97. The number of carboxylic acid groups (broad SMARTS) is 1. The van der Waals surface area contributed by atoms with Gasteiger partial charge in [-0.3, -0.25) is 14.4 Å². The second kappa shape index (κ2) is 13.8. The largest absolute Gasteiger partial charge is 0.480 e. The molecule has 1 saturated heterocycles. The molecule has 1 aliphatic heterocycles. The van der Waals surface area contributed by atoms with Crippen LogP contribution in [0.4, 0.5) is 0 Å². The SMILES string of the molecule is CSc1ccc(C=CC(=O)N2CCC(C(=O)N[C@@H](CNC(=O)c3ccnc(Cl)c3)C(=O)O)CC2)c(Cl)c1Cl. The summed E-state index contributed by atoms with van der Waals surface area (Å²) in [7, 11) is 0. The summed E-state index contributed by atoms with van der Waals surface area (Å²) >= 11 is 19.8. The zero-order chi connectivity index (χ0) is 27.8. The summed E-state index contributed by atoms with van der Waals surface area (Å²) in [6.07, 6.45) is 7.00. The summed E-state index contributed by atoms with van der Waals surface area (Å²) in [5, 5.41) is 15.4. The normalized spacial score (nSPS) is 14.8. The van der Waals surface area contributed by atoms with Crippen molar-refractivity contribution in [2.75, 3.05) is 25.9 Å². The highest BCUT2D eigenvalue weighted by Crippen LogP contribution is 2.35. The number of nitrogens with zero attached hydrogens (tertiary/aromatic N) is 2. The number of piperidine rings is 1.